The van der Waals surface area contributed by atoms with Crippen LogP contribution in [0.25, 0.3) is 0 Å². The molecule has 0 saturated carbocycles. The molecule has 6 heteroatoms. The Morgan fingerprint density at radius 2 is 2.29 bits per heavy atom. The van der Waals surface area contributed by atoms with Crippen LogP contribution >= 0.6 is 0 Å². The second kappa shape index (κ2) is 7.03. The highest BCUT2D eigenvalue weighted by atomic mass is 19.1. The van der Waals surface area contributed by atoms with Crippen molar-refractivity contribution in [1.29, 1.82) is 0 Å². The number of amides is 1. The van der Waals surface area contributed by atoms with Crippen LogP contribution in [-0.2, 0) is 17.8 Å². The summed E-state index contributed by atoms with van der Waals surface area (Å²) in [4.78, 5) is 18.8. The minimum Gasteiger partial charge on any atom is -0.505 e. The van der Waals surface area contributed by atoms with Gasteiger partial charge in [-0.05, 0) is 37.5 Å². The molecule has 3 rings (SSSR count). The minimum absolute atomic E-state index is 0.0144. The summed E-state index contributed by atoms with van der Waals surface area (Å²) in [6, 6.07) is 4.09. The lowest BCUT2D eigenvalue weighted by molar-refractivity contribution is -0.131. The first kappa shape index (κ1) is 16.5. The number of likely N-dealkylation sites (tertiary alicyclic amines) is 1. The predicted molar refractivity (Wildman–Crippen MR) is 88.2 cm³/mol. The Balaban J connectivity index is 1.67. The number of carbonyl (C=O) groups is 1. The number of nitrogens with zero attached hydrogens (tertiary/aromatic N) is 3. The van der Waals surface area contributed by atoms with Crippen molar-refractivity contribution < 1.29 is 14.3 Å². The molecule has 1 amide bonds. The highest BCUT2D eigenvalue weighted by Crippen LogP contribution is 2.26. The molecule has 1 aliphatic rings. The smallest absolute Gasteiger partial charge is 0.227 e. The second-order valence-corrected chi connectivity index (χ2v) is 6.21. The number of phenols is 1. The molecule has 0 radical (unpaired) electrons. The zero-order chi connectivity index (χ0) is 17.1. The molecule has 2 heterocycles. The Morgan fingerprint density at radius 1 is 1.46 bits per heavy atom. The van der Waals surface area contributed by atoms with Gasteiger partial charge >= 0.3 is 0 Å². The third kappa shape index (κ3) is 3.42. The van der Waals surface area contributed by atoms with Gasteiger partial charge in [0.2, 0.25) is 5.91 Å². The van der Waals surface area contributed by atoms with E-state index < -0.39 is 11.6 Å². The van der Waals surface area contributed by atoms with E-state index in [1.165, 1.54) is 12.1 Å². The fourth-order valence-electron chi connectivity index (χ4n) is 3.31. The summed E-state index contributed by atoms with van der Waals surface area (Å²) in [5.41, 5.74) is 0.576. The highest BCUT2D eigenvalue weighted by Gasteiger charge is 2.27. The number of rotatable bonds is 4. The molecule has 1 N–H and O–H groups in total. The van der Waals surface area contributed by atoms with Crippen LogP contribution in [0.4, 0.5) is 4.39 Å². The number of aromatic nitrogens is 2. The number of halogens is 1. The fraction of sp³-hybridized carbons (Fsp3) is 0.444. The van der Waals surface area contributed by atoms with Gasteiger partial charge in [0, 0.05) is 37.9 Å². The van der Waals surface area contributed by atoms with Crippen molar-refractivity contribution in [2.45, 2.75) is 38.6 Å². The number of piperidine rings is 1. The zero-order valence-corrected chi connectivity index (χ0v) is 13.8. The first-order chi connectivity index (χ1) is 11.6. The molecule has 0 bridgehead atoms. The van der Waals surface area contributed by atoms with Crippen molar-refractivity contribution in [2.75, 3.05) is 13.1 Å². The predicted octanol–water partition coefficient (Wildman–Crippen LogP) is 2.70. The van der Waals surface area contributed by atoms with Crippen molar-refractivity contribution in [2.24, 2.45) is 0 Å². The van der Waals surface area contributed by atoms with Crippen LogP contribution < -0.4 is 0 Å². The number of carbonyl (C=O) groups excluding carboxylic acids is 1. The lowest BCUT2D eigenvalue weighted by Crippen LogP contribution is -2.40. The Bertz CT molecular complexity index is 729. The third-order valence-electron chi connectivity index (χ3n) is 4.60. The first-order valence-corrected chi connectivity index (χ1v) is 8.34. The van der Waals surface area contributed by atoms with Gasteiger partial charge in [0.05, 0.1) is 6.42 Å². The van der Waals surface area contributed by atoms with Crippen molar-refractivity contribution in [1.82, 2.24) is 14.5 Å². The molecule has 1 aromatic carbocycles. The van der Waals surface area contributed by atoms with Gasteiger partial charge in [-0.15, -0.1) is 0 Å². The van der Waals surface area contributed by atoms with E-state index >= 15 is 0 Å². The SMILES string of the molecule is CCn1ccnc1C1CCCN(C(=O)Cc2ccc(O)c(F)c2)C1. The van der Waals surface area contributed by atoms with Gasteiger partial charge in [0.15, 0.2) is 11.6 Å². The van der Waals surface area contributed by atoms with Crippen LogP contribution in [0.1, 0.15) is 37.1 Å². The summed E-state index contributed by atoms with van der Waals surface area (Å²) in [5.74, 6) is 0.178. The van der Waals surface area contributed by atoms with E-state index in [2.05, 4.69) is 16.5 Å². The second-order valence-electron chi connectivity index (χ2n) is 6.21. The topological polar surface area (TPSA) is 58.4 Å². The Morgan fingerprint density at radius 3 is 3.04 bits per heavy atom. The molecule has 2 aromatic rings. The number of hydrogen-bond acceptors (Lipinski definition) is 3. The average Bonchev–Trinajstić information content (AvgIpc) is 3.07. The van der Waals surface area contributed by atoms with Crippen LogP contribution in [0, 0.1) is 5.82 Å². The van der Waals surface area contributed by atoms with Gasteiger partial charge in [-0.3, -0.25) is 4.79 Å². The van der Waals surface area contributed by atoms with Crippen LogP contribution in [0.2, 0.25) is 0 Å². The standard InChI is InChI=1S/C18H22FN3O2/c1-2-21-9-7-20-18(21)14-4-3-8-22(12-14)17(24)11-13-5-6-16(23)15(19)10-13/h5-7,9-10,14,23H,2-4,8,11-12H2,1H3. The lowest BCUT2D eigenvalue weighted by Gasteiger charge is -2.32. The summed E-state index contributed by atoms with van der Waals surface area (Å²) in [6.07, 6.45) is 5.88. The van der Waals surface area contributed by atoms with Gasteiger partial charge in [0.1, 0.15) is 5.82 Å². The summed E-state index contributed by atoms with van der Waals surface area (Å²) < 4.78 is 15.5. The molecule has 1 fully saturated rings. The van der Waals surface area contributed by atoms with Crippen molar-refractivity contribution in [3.63, 3.8) is 0 Å². The van der Waals surface area contributed by atoms with E-state index in [9.17, 15) is 14.3 Å². The van der Waals surface area contributed by atoms with Gasteiger partial charge < -0.3 is 14.6 Å². The Kier molecular flexibility index (Phi) is 4.83. The molecule has 0 spiro atoms. The number of hydrogen-bond donors (Lipinski definition) is 1. The van der Waals surface area contributed by atoms with Gasteiger partial charge in [-0.2, -0.15) is 0 Å². The maximum atomic E-state index is 13.4. The monoisotopic (exact) mass is 331 g/mol. The van der Waals surface area contributed by atoms with E-state index in [1.54, 1.807) is 12.3 Å². The Labute approximate surface area is 140 Å². The molecule has 5 nitrogen and oxygen atoms in total. The van der Waals surface area contributed by atoms with Crippen LogP contribution in [0.15, 0.2) is 30.6 Å². The van der Waals surface area contributed by atoms with Crippen molar-refractivity contribution in [3.05, 3.63) is 47.8 Å². The largest absolute Gasteiger partial charge is 0.505 e. The lowest BCUT2D eigenvalue weighted by atomic mass is 9.96. The van der Waals surface area contributed by atoms with E-state index in [1.807, 2.05) is 11.1 Å². The fourth-order valence-corrected chi connectivity index (χ4v) is 3.31. The van der Waals surface area contributed by atoms with Crippen molar-refractivity contribution >= 4 is 5.91 Å². The number of imidazole rings is 1. The van der Waals surface area contributed by atoms with E-state index in [0.29, 0.717) is 12.1 Å². The Hall–Kier alpha value is -2.37. The highest BCUT2D eigenvalue weighted by molar-refractivity contribution is 5.79. The third-order valence-corrected chi connectivity index (χ3v) is 4.60. The van der Waals surface area contributed by atoms with Gasteiger partial charge in [-0.1, -0.05) is 6.07 Å². The summed E-state index contributed by atoms with van der Waals surface area (Å²) in [7, 11) is 0. The van der Waals surface area contributed by atoms with E-state index in [-0.39, 0.29) is 18.2 Å². The van der Waals surface area contributed by atoms with E-state index in [0.717, 1.165) is 31.8 Å². The van der Waals surface area contributed by atoms with Crippen LogP contribution in [-0.4, -0.2) is 38.6 Å². The number of aromatic hydroxyl groups is 1. The normalized spacial score (nSPS) is 17.9. The zero-order valence-electron chi connectivity index (χ0n) is 13.8. The van der Waals surface area contributed by atoms with Gasteiger partial charge in [0.25, 0.3) is 0 Å². The minimum atomic E-state index is -0.693. The van der Waals surface area contributed by atoms with E-state index in [4.69, 9.17) is 0 Å². The molecule has 1 aliphatic heterocycles. The summed E-state index contributed by atoms with van der Waals surface area (Å²) in [5, 5.41) is 9.24. The molecular formula is C18H22FN3O2. The quantitative estimate of drug-likeness (QED) is 0.937. The molecule has 1 atom stereocenters. The maximum Gasteiger partial charge on any atom is 0.227 e. The number of benzene rings is 1. The molecule has 24 heavy (non-hydrogen) atoms. The molecule has 1 unspecified atom stereocenters. The average molecular weight is 331 g/mol. The van der Waals surface area contributed by atoms with Crippen LogP contribution in [0.5, 0.6) is 5.75 Å². The number of aryl methyl sites for hydroxylation is 1. The summed E-state index contributed by atoms with van der Waals surface area (Å²) >= 11 is 0. The number of phenolic OH excluding ortho intramolecular Hbond substituents is 1. The van der Waals surface area contributed by atoms with Crippen molar-refractivity contribution in [3.8, 4) is 5.75 Å². The molecule has 128 valence electrons. The summed E-state index contributed by atoms with van der Waals surface area (Å²) in [6.45, 7) is 4.32. The van der Waals surface area contributed by atoms with Gasteiger partial charge in [-0.25, -0.2) is 9.37 Å². The maximum absolute atomic E-state index is 13.4. The molecule has 1 saturated heterocycles. The first-order valence-electron chi connectivity index (χ1n) is 8.34. The molecular weight excluding hydrogens is 309 g/mol. The molecule has 0 aliphatic carbocycles. The molecule has 1 aromatic heterocycles. The van der Waals surface area contributed by atoms with Crippen LogP contribution in [0.3, 0.4) is 0 Å².